The van der Waals surface area contributed by atoms with Gasteiger partial charge in [0.05, 0.1) is 0 Å². The molecule has 0 radical (unpaired) electrons. The predicted octanol–water partition coefficient (Wildman–Crippen LogP) is 3.45. The van der Waals surface area contributed by atoms with Crippen molar-refractivity contribution < 1.29 is 9.53 Å². The third kappa shape index (κ3) is 3.49. The number of piperidine rings is 1. The van der Waals surface area contributed by atoms with Crippen molar-refractivity contribution in [1.82, 2.24) is 4.90 Å². The summed E-state index contributed by atoms with van der Waals surface area (Å²) < 4.78 is 5.35. The fraction of sp³-hybridized carbons (Fsp3) is 0.533. The molecule has 0 spiro atoms. The molecule has 0 aliphatic carbocycles. The second-order valence-corrected chi connectivity index (χ2v) is 5.73. The maximum absolute atomic E-state index is 12.0. The van der Waals surface area contributed by atoms with Crippen molar-refractivity contribution >= 4 is 6.09 Å². The van der Waals surface area contributed by atoms with Gasteiger partial charge >= 0.3 is 6.09 Å². The molecular weight excluding hydrogens is 226 g/mol. The van der Waals surface area contributed by atoms with E-state index in [2.05, 4.69) is 13.8 Å². The van der Waals surface area contributed by atoms with Crippen LogP contribution in [-0.2, 0) is 11.3 Å². The highest BCUT2D eigenvalue weighted by Crippen LogP contribution is 2.28. The monoisotopic (exact) mass is 247 g/mol. The molecule has 1 amide bonds. The minimum atomic E-state index is -0.188. The average Bonchev–Trinajstić information content (AvgIpc) is 2.36. The van der Waals surface area contributed by atoms with Gasteiger partial charge in [-0.05, 0) is 23.8 Å². The third-order valence-corrected chi connectivity index (χ3v) is 3.36. The highest BCUT2D eigenvalue weighted by Gasteiger charge is 2.29. The molecule has 1 saturated heterocycles. The standard InChI is InChI=1S/C15H21NO2/c1-15(2)9-6-10-16(12-15)14(17)18-11-13-7-4-3-5-8-13/h3-5,7-8H,6,9-12H2,1-2H3. The van der Waals surface area contributed by atoms with Gasteiger partial charge in [0.15, 0.2) is 0 Å². The van der Waals surface area contributed by atoms with Gasteiger partial charge in [0.2, 0.25) is 0 Å². The van der Waals surface area contributed by atoms with Crippen LogP contribution < -0.4 is 0 Å². The van der Waals surface area contributed by atoms with E-state index in [9.17, 15) is 4.79 Å². The molecule has 1 heterocycles. The SMILES string of the molecule is CC1(C)CCCN(C(=O)OCc2ccccc2)C1. The van der Waals surface area contributed by atoms with Crippen LogP contribution in [0.3, 0.4) is 0 Å². The third-order valence-electron chi connectivity index (χ3n) is 3.36. The number of benzene rings is 1. The Balaban J connectivity index is 1.85. The number of hydrogen-bond donors (Lipinski definition) is 0. The summed E-state index contributed by atoms with van der Waals surface area (Å²) in [5.74, 6) is 0. The molecule has 0 bridgehead atoms. The quantitative estimate of drug-likeness (QED) is 0.801. The van der Waals surface area contributed by atoms with Gasteiger partial charge in [0.1, 0.15) is 6.61 Å². The summed E-state index contributed by atoms with van der Waals surface area (Å²) in [6.07, 6.45) is 2.05. The summed E-state index contributed by atoms with van der Waals surface area (Å²) in [6.45, 7) is 6.36. The molecule has 98 valence electrons. The van der Waals surface area contributed by atoms with Gasteiger partial charge in [0.25, 0.3) is 0 Å². The lowest BCUT2D eigenvalue weighted by Gasteiger charge is -2.37. The average molecular weight is 247 g/mol. The van der Waals surface area contributed by atoms with E-state index in [0.717, 1.165) is 25.1 Å². The first-order valence-corrected chi connectivity index (χ1v) is 6.52. The molecule has 1 aromatic rings. The Kier molecular flexibility index (Phi) is 3.90. The molecule has 1 aromatic carbocycles. The van der Waals surface area contributed by atoms with Gasteiger partial charge in [0, 0.05) is 13.1 Å². The van der Waals surface area contributed by atoms with E-state index in [0.29, 0.717) is 6.61 Å². The smallest absolute Gasteiger partial charge is 0.410 e. The number of rotatable bonds is 2. The van der Waals surface area contributed by atoms with Crippen LogP contribution in [0.1, 0.15) is 32.3 Å². The van der Waals surface area contributed by atoms with Crippen molar-refractivity contribution in [2.75, 3.05) is 13.1 Å². The molecule has 1 fully saturated rings. The Bertz CT molecular complexity index is 400. The molecule has 0 atom stereocenters. The van der Waals surface area contributed by atoms with Gasteiger partial charge < -0.3 is 9.64 Å². The van der Waals surface area contributed by atoms with E-state index in [1.165, 1.54) is 6.42 Å². The topological polar surface area (TPSA) is 29.5 Å². The number of hydrogen-bond acceptors (Lipinski definition) is 2. The first-order chi connectivity index (χ1) is 8.57. The lowest BCUT2D eigenvalue weighted by molar-refractivity contribution is 0.0627. The summed E-state index contributed by atoms with van der Waals surface area (Å²) in [4.78, 5) is 13.8. The Morgan fingerprint density at radius 1 is 1.33 bits per heavy atom. The number of likely N-dealkylation sites (tertiary alicyclic amines) is 1. The Hall–Kier alpha value is -1.51. The summed E-state index contributed by atoms with van der Waals surface area (Å²) in [7, 11) is 0. The second-order valence-electron chi connectivity index (χ2n) is 5.73. The van der Waals surface area contributed by atoms with Crippen LogP contribution in [-0.4, -0.2) is 24.1 Å². The molecule has 0 N–H and O–H groups in total. The molecular formula is C15H21NO2. The zero-order chi connectivity index (χ0) is 13.0. The molecule has 1 aliphatic rings. The zero-order valence-corrected chi connectivity index (χ0v) is 11.2. The minimum Gasteiger partial charge on any atom is -0.445 e. The van der Waals surface area contributed by atoms with Gasteiger partial charge in [-0.2, -0.15) is 0 Å². The molecule has 1 aliphatic heterocycles. The first-order valence-electron chi connectivity index (χ1n) is 6.52. The molecule has 0 unspecified atom stereocenters. The van der Waals surface area contributed by atoms with Gasteiger partial charge in [-0.3, -0.25) is 0 Å². The second kappa shape index (κ2) is 5.42. The summed E-state index contributed by atoms with van der Waals surface area (Å²) in [5.41, 5.74) is 1.24. The van der Waals surface area contributed by atoms with E-state index >= 15 is 0 Å². The Morgan fingerprint density at radius 2 is 2.06 bits per heavy atom. The number of ether oxygens (including phenoxy) is 1. The van der Waals surface area contributed by atoms with Gasteiger partial charge in [-0.25, -0.2) is 4.79 Å². The number of carbonyl (C=O) groups is 1. The molecule has 3 nitrogen and oxygen atoms in total. The van der Waals surface area contributed by atoms with E-state index in [-0.39, 0.29) is 11.5 Å². The molecule has 2 rings (SSSR count). The highest BCUT2D eigenvalue weighted by atomic mass is 16.6. The first kappa shape index (κ1) is 12.9. The van der Waals surface area contributed by atoms with E-state index in [1.54, 1.807) is 0 Å². The minimum absolute atomic E-state index is 0.188. The van der Waals surface area contributed by atoms with Gasteiger partial charge in [-0.15, -0.1) is 0 Å². The number of carbonyl (C=O) groups excluding carboxylic acids is 1. The van der Waals surface area contributed by atoms with Crippen molar-refractivity contribution in [3.63, 3.8) is 0 Å². The normalized spacial score (nSPS) is 18.4. The maximum atomic E-state index is 12.0. The van der Waals surface area contributed by atoms with Crippen LogP contribution in [0, 0.1) is 5.41 Å². The molecule has 0 saturated carbocycles. The van der Waals surface area contributed by atoms with E-state index < -0.39 is 0 Å². The molecule has 0 aromatic heterocycles. The fourth-order valence-electron chi connectivity index (χ4n) is 2.39. The van der Waals surface area contributed by atoms with Crippen LogP contribution in [0.4, 0.5) is 4.79 Å². The number of nitrogens with zero attached hydrogens (tertiary/aromatic N) is 1. The van der Waals surface area contributed by atoms with Crippen molar-refractivity contribution in [2.45, 2.75) is 33.3 Å². The lowest BCUT2D eigenvalue weighted by atomic mass is 9.84. The molecule has 18 heavy (non-hydrogen) atoms. The summed E-state index contributed by atoms with van der Waals surface area (Å²) in [6, 6.07) is 9.79. The van der Waals surface area contributed by atoms with Crippen molar-refractivity contribution in [2.24, 2.45) is 5.41 Å². The highest BCUT2D eigenvalue weighted by molar-refractivity contribution is 5.67. The largest absolute Gasteiger partial charge is 0.445 e. The Morgan fingerprint density at radius 3 is 2.72 bits per heavy atom. The molecule has 3 heteroatoms. The maximum Gasteiger partial charge on any atom is 0.410 e. The van der Waals surface area contributed by atoms with Crippen molar-refractivity contribution in [3.05, 3.63) is 35.9 Å². The summed E-state index contributed by atoms with van der Waals surface area (Å²) >= 11 is 0. The van der Waals surface area contributed by atoms with Crippen molar-refractivity contribution in [1.29, 1.82) is 0 Å². The number of amides is 1. The lowest BCUT2D eigenvalue weighted by Crippen LogP contribution is -2.43. The van der Waals surface area contributed by atoms with Crippen molar-refractivity contribution in [3.8, 4) is 0 Å². The fourth-order valence-corrected chi connectivity index (χ4v) is 2.39. The Labute approximate surface area is 109 Å². The van der Waals surface area contributed by atoms with Gasteiger partial charge in [-0.1, -0.05) is 44.2 Å². The van der Waals surface area contributed by atoms with Crippen LogP contribution in [0.5, 0.6) is 0 Å². The predicted molar refractivity (Wildman–Crippen MR) is 71.2 cm³/mol. The van der Waals surface area contributed by atoms with Crippen LogP contribution in [0.15, 0.2) is 30.3 Å². The van der Waals surface area contributed by atoms with Crippen LogP contribution in [0.2, 0.25) is 0 Å². The summed E-state index contributed by atoms with van der Waals surface area (Å²) in [5, 5.41) is 0. The zero-order valence-electron chi connectivity index (χ0n) is 11.2. The van der Waals surface area contributed by atoms with Crippen LogP contribution in [0.25, 0.3) is 0 Å². The van der Waals surface area contributed by atoms with Crippen LogP contribution >= 0.6 is 0 Å². The van der Waals surface area contributed by atoms with E-state index in [1.807, 2.05) is 35.2 Å². The van der Waals surface area contributed by atoms with E-state index in [4.69, 9.17) is 4.74 Å².